The number of hydrogen-bond donors (Lipinski definition) is 0. The zero-order chi connectivity index (χ0) is 13.1. The van der Waals surface area contributed by atoms with Crippen LogP contribution in [0.15, 0.2) is 24.3 Å². The van der Waals surface area contributed by atoms with Crippen molar-refractivity contribution in [3.05, 3.63) is 35.4 Å². The lowest BCUT2D eigenvalue weighted by molar-refractivity contribution is 0.0602. The Balaban J connectivity index is 2.78. The Morgan fingerprint density at radius 3 is 2.61 bits per heavy atom. The van der Waals surface area contributed by atoms with Crippen molar-refractivity contribution in [3.8, 4) is 5.88 Å². The lowest BCUT2D eigenvalue weighted by atomic mass is 10.0. The summed E-state index contributed by atoms with van der Waals surface area (Å²) in [5.74, 6) is -0.0861. The van der Waals surface area contributed by atoms with E-state index >= 15 is 0 Å². The molecule has 0 aliphatic rings. The zero-order valence-corrected chi connectivity index (χ0v) is 9.97. The number of fused-ring (bicyclic) bond motifs is 1. The van der Waals surface area contributed by atoms with Gasteiger partial charge in [0.15, 0.2) is 6.29 Å². The summed E-state index contributed by atoms with van der Waals surface area (Å²) in [6, 6.07) is 6.39. The molecule has 0 amide bonds. The predicted octanol–water partition coefficient (Wildman–Crippen LogP) is 1.84. The van der Waals surface area contributed by atoms with Crippen LogP contribution in [0.2, 0.25) is 0 Å². The molecule has 18 heavy (non-hydrogen) atoms. The number of benzene rings is 1. The Morgan fingerprint density at radius 1 is 1.22 bits per heavy atom. The third-order valence-corrected chi connectivity index (χ3v) is 2.60. The van der Waals surface area contributed by atoms with E-state index in [2.05, 4.69) is 9.72 Å². The van der Waals surface area contributed by atoms with Gasteiger partial charge in [0.2, 0.25) is 5.88 Å². The molecule has 0 unspecified atom stereocenters. The fourth-order valence-electron chi connectivity index (χ4n) is 1.72. The summed E-state index contributed by atoms with van der Waals surface area (Å²) >= 11 is 0. The fraction of sp³-hybridized carbons (Fsp3) is 0.154. The average Bonchev–Trinajstić information content (AvgIpc) is 2.44. The Bertz CT molecular complexity index is 622. The second-order valence-electron chi connectivity index (χ2n) is 3.56. The van der Waals surface area contributed by atoms with Crippen LogP contribution in [0.5, 0.6) is 5.88 Å². The molecule has 92 valence electrons. The van der Waals surface area contributed by atoms with E-state index in [1.165, 1.54) is 20.3 Å². The van der Waals surface area contributed by atoms with Gasteiger partial charge < -0.3 is 9.47 Å². The molecule has 0 bridgehead atoms. The molecule has 0 fully saturated rings. The number of hydrogen-bond acceptors (Lipinski definition) is 5. The number of methoxy groups -OCH3 is 2. The normalized spacial score (nSPS) is 10.1. The minimum absolute atomic E-state index is 0.369. The van der Waals surface area contributed by atoms with Crippen molar-refractivity contribution in [2.75, 3.05) is 14.2 Å². The van der Waals surface area contributed by atoms with Crippen molar-refractivity contribution in [3.63, 3.8) is 0 Å². The summed E-state index contributed by atoms with van der Waals surface area (Å²) < 4.78 is 9.69. The zero-order valence-electron chi connectivity index (χ0n) is 9.97. The van der Waals surface area contributed by atoms with Gasteiger partial charge >= 0.3 is 5.97 Å². The van der Waals surface area contributed by atoms with Crippen molar-refractivity contribution in [1.29, 1.82) is 0 Å². The third-order valence-electron chi connectivity index (χ3n) is 2.60. The smallest absolute Gasteiger partial charge is 0.338 e. The number of aldehydes is 1. The molecule has 0 aliphatic carbocycles. The standard InChI is InChI=1S/C13H11NO4/c1-17-11-6-5-9-10(13(16)18-2)4-3-8(7-15)12(9)14-11/h3-7H,1-2H3. The molecule has 0 N–H and O–H groups in total. The van der Waals surface area contributed by atoms with Crippen molar-refractivity contribution in [2.24, 2.45) is 0 Å². The second-order valence-corrected chi connectivity index (χ2v) is 3.56. The first-order valence-electron chi connectivity index (χ1n) is 5.22. The molecule has 0 spiro atoms. The van der Waals surface area contributed by atoms with Crippen molar-refractivity contribution >= 4 is 23.2 Å². The van der Waals surface area contributed by atoms with Crippen LogP contribution in [-0.4, -0.2) is 31.5 Å². The highest BCUT2D eigenvalue weighted by Gasteiger charge is 2.14. The van der Waals surface area contributed by atoms with Gasteiger partial charge in [-0.1, -0.05) is 0 Å². The molecule has 2 rings (SSSR count). The fourth-order valence-corrected chi connectivity index (χ4v) is 1.72. The number of nitrogens with zero attached hydrogens (tertiary/aromatic N) is 1. The number of aromatic nitrogens is 1. The maximum absolute atomic E-state index is 11.6. The summed E-state index contributed by atoms with van der Waals surface area (Å²) in [7, 11) is 2.79. The molecule has 0 saturated heterocycles. The molecule has 0 atom stereocenters. The highest BCUT2D eigenvalue weighted by Crippen LogP contribution is 2.23. The van der Waals surface area contributed by atoms with Crippen LogP contribution < -0.4 is 4.74 Å². The van der Waals surface area contributed by atoms with Crippen LogP contribution in [0, 0.1) is 0 Å². The molecule has 5 nitrogen and oxygen atoms in total. The molecule has 2 aromatic rings. The number of carbonyl (C=O) groups excluding carboxylic acids is 2. The van der Waals surface area contributed by atoms with Gasteiger partial charge in [-0.3, -0.25) is 4.79 Å². The van der Waals surface area contributed by atoms with Crippen LogP contribution in [0.25, 0.3) is 10.9 Å². The van der Waals surface area contributed by atoms with E-state index < -0.39 is 5.97 Å². The summed E-state index contributed by atoms with van der Waals surface area (Å²) in [4.78, 5) is 26.8. The average molecular weight is 245 g/mol. The number of carbonyl (C=O) groups is 2. The number of rotatable bonds is 3. The molecule has 1 aromatic carbocycles. The second kappa shape index (κ2) is 4.83. The summed E-state index contributed by atoms with van der Waals surface area (Å²) in [6.07, 6.45) is 0.690. The van der Waals surface area contributed by atoms with E-state index in [0.717, 1.165) is 0 Å². The minimum Gasteiger partial charge on any atom is -0.481 e. The number of pyridine rings is 1. The lowest BCUT2D eigenvalue weighted by Gasteiger charge is -2.07. The van der Waals surface area contributed by atoms with Crippen molar-refractivity contribution in [2.45, 2.75) is 0 Å². The Morgan fingerprint density at radius 2 is 2.00 bits per heavy atom. The first-order chi connectivity index (χ1) is 8.71. The number of esters is 1. The van der Waals surface area contributed by atoms with Gasteiger partial charge in [0.1, 0.15) is 0 Å². The van der Waals surface area contributed by atoms with Crippen LogP contribution in [-0.2, 0) is 4.74 Å². The molecule has 0 radical (unpaired) electrons. The SMILES string of the molecule is COC(=O)c1ccc(C=O)c2nc(OC)ccc12. The van der Waals surface area contributed by atoms with Crippen LogP contribution in [0.3, 0.4) is 0 Å². The van der Waals surface area contributed by atoms with E-state index in [0.29, 0.717) is 34.2 Å². The molecule has 1 aromatic heterocycles. The van der Waals surface area contributed by atoms with Crippen molar-refractivity contribution in [1.82, 2.24) is 4.98 Å². The first-order valence-corrected chi connectivity index (χ1v) is 5.22. The van der Waals surface area contributed by atoms with Gasteiger partial charge in [-0.05, 0) is 18.2 Å². The summed E-state index contributed by atoms with van der Waals surface area (Å²) in [6.45, 7) is 0. The quantitative estimate of drug-likeness (QED) is 0.609. The Labute approximate surface area is 103 Å². The monoisotopic (exact) mass is 245 g/mol. The van der Waals surface area contributed by atoms with E-state index in [9.17, 15) is 9.59 Å². The van der Waals surface area contributed by atoms with Gasteiger partial charge in [0.25, 0.3) is 0 Å². The van der Waals surface area contributed by atoms with E-state index in [4.69, 9.17) is 4.74 Å². The van der Waals surface area contributed by atoms with Gasteiger partial charge in [-0.2, -0.15) is 0 Å². The van der Waals surface area contributed by atoms with Crippen molar-refractivity contribution < 1.29 is 19.1 Å². The molecule has 5 heteroatoms. The topological polar surface area (TPSA) is 65.5 Å². The van der Waals surface area contributed by atoms with Gasteiger partial charge in [0, 0.05) is 17.0 Å². The molecule has 0 saturated carbocycles. The van der Waals surface area contributed by atoms with E-state index in [-0.39, 0.29) is 0 Å². The molecular weight excluding hydrogens is 234 g/mol. The first kappa shape index (κ1) is 12.0. The molecule has 1 heterocycles. The highest BCUT2D eigenvalue weighted by atomic mass is 16.5. The van der Waals surface area contributed by atoms with Gasteiger partial charge in [0.05, 0.1) is 25.3 Å². The lowest BCUT2D eigenvalue weighted by Crippen LogP contribution is -2.04. The summed E-state index contributed by atoms with van der Waals surface area (Å²) in [5, 5.41) is 0.562. The molecular formula is C13H11NO4. The van der Waals surface area contributed by atoms with E-state index in [1.54, 1.807) is 18.2 Å². The third kappa shape index (κ3) is 1.90. The number of ether oxygens (including phenoxy) is 2. The minimum atomic E-state index is -0.468. The van der Waals surface area contributed by atoms with Crippen LogP contribution in [0.4, 0.5) is 0 Å². The van der Waals surface area contributed by atoms with E-state index in [1.807, 2.05) is 0 Å². The predicted molar refractivity (Wildman–Crippen MR) is 65.0 cm³/mol. The van der Waals surface area contributed by atoms with Crippen LogP contribution in [0.1, 0.15) is 20.7 Å². The maximum atomic E-state index is 11.6. The van der Waals surface area contributed by atoms with Gasteiger partial charge in [-0.15, -0.1) is 0 Å². The maximum Gasteiger partial charge on any atom is 0.338 e. The summed E-state index contributed by atoms with van der Waals surface area (Å²) in [5.41, 5.74) is 1.19. The molecule has 0 aliphatic heterocycles. The Hall–Kier alpha value is -2.43. The van der Waals surface area contributed by atoms with Crippen LogP contribution >= 0.6 is 0 Å². The van der Waals surface area contributed by atoms with Gasteiger partial charge in [-0.25, -0.2) is 9.78 Å². The Kier molecular flexibility index (Phi) is 3.23. The highest BCUT2D eigenvalue weighted by molar-refractivity contribution is 6.07. The largest absolute Gasteiger partial charge is 0.481 e.